The third-order valence-electron chi connectivity index (χ3n) is 1.18. The molecule has 0 aromatic heterocycles. The molecule has 0 bridgehead atoms. The van der Waals surface area contributed by atoms with Gasteiger partial charge in [-0.3, -0.25) is 0 Å². The Morgan fingerprint density at radius 3 is 2.62 bits per heavy atom. The van der Waals surface area contributed by atoms with Crippen molar-refractivity contribution in [3.63, 3.8) is 0 Å². The average molecular weight is 115 g/mol. The fourth-order valence-corrected chi connectivity index (χ4v) is 0.777. The second-order valence-corrected chi connectivity index (χ2v) is 2.26. The first kappa shape index (κ1) is 7.96. The molecule has 0 spiro atoms. The molecule has 1 unspecified atom stereocenters. The van der Waals surface area contributed by atoms with Crippen LogP contribution in [0.4, 0.5) is 0 Å². The van der Waals surface area contributed by atoms with Gasteiger partial charge in [-0.25, -0.2) is 0 Å². The highest BCUT2D eigenvalue weighted by molar-refractivity contribution is 4.48. The van der Waals surface area contributed by atoms with Gasteiger partial charge in [0.05, 0.1) is 7.11 Å². The predicted molar refractivity (Wildman–Crippen MR) is 35.4 cm³/mol. The highest BCUT2D eigenvalue weighted by Crippen LogP contribution is 2.03. The third kappa shape index (κ3) is 4.13. The number of hydrogen-bond donors (Lipinski definition) is 0. The second kappa shape index (κ2) is 5.10. The zero-order valence-corrected chi connectivity index (χ0v) is 5.81. The van der Waals surface area contributed by atoms with Crippen LogP contribution >= 0.6 is 0 Å². The van der Waals surface area contributed by atoms with E-state index in [1.165, 1.54) is 12.8 Å². The zero-order valence-electron chi connectivity index (χ0n) is 5.81. The Morgan fingerprint density at radius 1 is 1.62 bits per heavy atom. The smallest absolute Gasteiger partial charge is 0.0700 e. The van der Waals surface area contributed by atoms with Crippen molar-refractivity contribution in [1.29, 1.82) is 0 Å². The molecule has 0 amide bonds. The summed E-state index contributed by atoms with van der Waals surface area (Å²) in [5.41, 5.74) is 0. The lowest BCUT2D eigenvalue weighted by Gasteiger charge is -2.05. The Labute approximate surface area is 52.0 Å². The Morgan fingerprint density at radius 2 is 2.25 bits per heavy atom. The quantitative estimate of drug-likeness (QED) is 0.546. The van der Waals surface area contributed by atoms with Crippen LogP contribution in [0.2, 0.25) is 0 Å². The fraction of sp³-hybridized carbons (Fsp3) is 0.857. The maximum atomic E-state index is 4.71. The van der Waals surface area contributed by atoms with Crippen molar-refractivity contribution < 1.29 is 4.74 Å². The van der Waals surface area contributed by atoms with E-state index >= 15 is 0 Å². The molecule has 1 atom stereocenters. The summed E-state index contributed by atoms with van der Waals surface area (Å²) in [7, 11) is 3.31. The first-order chi connectivity index (χ1) is 3.81. The molecule has 0 rings (SSSR count). The Bertz CT molecular complexity index is 37.7. The normalized spacial score (nSPS) is 13.9. The van der Waals surface area contributed by atoms with Crippen molar-refractivity contribution in [1.82, 2.24) is 0 Å². The Kier molecular flexibility index (Phi) is 5.08. The minimum absolute atomic E-state index is 0.678. The molecule has 0 aliphatic carbocycles. The lowest BCUT2D eigenvalue weighted by molar-refractivity contribution is 0.191. The summed E-state index contributed by atoms with van der Waals surface area (Å²) < 4.78 is 4.71. The lowest BCUT2D eigenvalue weighted by Crippen LogP contribution is -2.00. The zero-order chi connectivity index (χ0) is 6.41. The molecule has 1 radical (unpaired) electrons. The summed E-state index contributed by atoms with van der Waals surface area (Å²) in [4.78, 5) is 0. The first-order valence-electron chi connectivity index (χ1n) is 3.18. The highest BCUT2D eigenvalue weighted by atomic mass is 16.5. The largest absolute Gasteiger partial charge is 0.379 e. The first-order valence-corrected chi connectivity index (χ1v) is 3.18. The van der Waals surface area contributed by atoms with E-state index in [0.29, 0.717) is 5.92 Å². The predicted octanol–water partition coefficient (Wildman–Crippen LogP) is 2.23. The van der Waals surface area contributed by atoms with Crippen LogP contribution in [0.15, 0.2) is 0 Å². The van der Waals surface area contributed by atoms with E-state index in [2.05, 4.69) is 21.0 Å². The Balaban J connectivity index is 2.92. The van der Waals surface area contributed by atoms with Gasteiger partial charge in [-0.05, 0) is 12.3 Å². The number of ether oxygens (including phenoxy) is 1. The minimum atomic E-state index is 0.678. The van der Waals surface area contributed by atoms with Crippen molar-refractivity contribution in [2.24, 2.45) is 5.92 Å². The molecule has 1 heteroatoms. The summed E-state index contributed by atoms with van der Waals surface area (Å²) >= 11 is 0. The van der Waals surface area contributed by atoms with Crippen molar-refractivity contribution in [2.75, 3.05) is 6.61 Å². The van der Waals surface area contributed by atoms with E-state index in [1.54, 1.807) is 0 Å². The van der Waals surface area contributed by atoms with Gasteiger partial charge in [-0.2, -0.15) is 0 Å². The van der Waals surface area contributed by atoms with Gasteiger partial charge in [-0.1, -0.05) is 20.3 Å². The average Bonchev–Trinajstić information content (AvgIpc) is 1.68. The summed E-state index contributed by atoms with van der Waals surface area (Å²) in [6.07, 6.45) is 2.49. The van der Waals surface area contributed by atoms with Crippen molar-refractivity contribution in [3.05, 3.63) is 7.11 Å². The van der Waals surface area contributed by atoms with Gasteiger partial charge in [-0.15, -0.1) is 0 Å². The van der Waals surface area contributed by atoms with E-state index in [0.717, 1.165) is 6.61 Å². The van der Waals surface area contributed by atoms with Gasteiger partial charge in [0.1, 0.15) is 0 Å². The molecule has 1 nitrogen and oxygen atoms in total. The molecule has 0 aliphatic heterocycles. The molecule has 0 fully saturated rings. The molecule has 49 valence electrons. The van der Waals surface area contributed by atoms with Crippen LogP contribution in [-0.2, 0) is 4.74 Å². The summed E-state index contributed by atoms with van der Waals surface area (Å²) in [6.45, 7) is 5.15. The van der Waals surface area contributed by atoms with Crippen LogP contribution < -0.4 is 0 Å². The van der Waals surface area contributed by atoms with E-state index < -0.39 is 0 Å². The fourth-order valence-electron chi connectivity index (χ4n) is 0.777. The van der Waals surface area contributed by atoms with Gasteiger partial charge in [0.15, 0.2) is 0 Å². The van der Waals surface area contributed by atoms with E-state index in [9.17, 15) is 0 Å². The van der Waals surface area contributed by atoms with Gasteiger partial charge >= 0.3 is 0 Å². The monoisotopic (exact) mass is 115 g/mol. The molecule has 8 heavy (non-hydrogen) atoms. The van der Waals surface area contributed by atoms with Crippen LogP contribution in [-0.4, -0.2) is 6.61 Å². The number of rotatable bonds is 4. The van der Waals surface area contributed by atoms with Crippen LogP contribution in [0.25, 0.3) is 0 Å². The van der Waals surface area contributed by atoms with Crippen molar-refractivity contribution in [3.8, 4) is 0 Å². The molecule has 0 saturated heterocycles. The van der Waals surface area contributed by atoms with Crippen LogP contribution in [0.5, 0.6) is 0 Å². The van der Waals surface area contributed by atoms with E-state index in [-0.39, 0.29) is 0 Å². The standard InChI is InChI=1S/C7H15O/c1-4-5-7(2)6-8-3/h7H,3-6H2,1-2H3. The molecule has 0 aliphatic rings. The molecule has 0 saturated carbocycles. The minimum Gasteiger partial charge on any atom is -0.379 e. The SMILES string of the molecule is [CH2]OCC(C)CCC. The third-order valence-corrected chi connectivity index (χ3v) is 1.18. The topological polar surface area (TPSA) is 9.23 Å². The summed E-state index contributed by atoms with van der Waals surface area (Å²) in [5.74, 6) is 0.678. The van der Waals surface area contributed by atoms with Gasteiger partial charge in [0.25, 0.3) is 0 Å². The molecule has 0 heterocycles. The van der Waals surface area contributed by atoms with Crippen molar-refractivity contribution >= 4 is 0 Å². The van der Waals surface area contributed by atoms with Crippen LogP contribution in [0.1, 0.15) is 26.7 Å². The molecule has 0 aromatic carbocycles. The van der Waals surface area contributed by atoms with Crippen LogP contribution in [0.3, 0.4) is 0 Å². The Hall–Kier alpha value is -0.0400. The maximum Gasteiger partial charge on any atom is 0.0700 e. The highest BCUT2D eigenvalue weighted by Gasteiger charge is 1.96. The van der Waals surface area contributed by atoms with Crippen molar-refractivity contribution in [2.45, 2.75) is 26.7 Å². The van der Waals surface area contributed by atoms with E-state index in [1.807, 2.05) is 0 Å². The number of hydrogen-bond acceptors (Lipinski definition) is 1. The molecule has 0 aromatic rings. The molecular formula is C7H15O. The maximum absolute atomic E-state index is 4.71. The van der Waals surface area contributed by atoms with E-state index in [4.69, 9.17) is 4.74 Å². The second-order valence-electron chi connectivity index (χ2n) is 2.26. The summed E-state index contributed by atoms with van der Waals surface area (Å²) in [6, 6.07) is 0. The van der Waals surface area contributed by atoms with Crippen LogP contribution in [0, 0.1) is 13.0 Å². The van der Waals surface area contributed by atoms with Gasteiger partial charge in [0, 0.05) is 6.61 Å². The molecular weight excluding hydrogens is 100 g/mol. The van der Waals surface area contributed by atoms with Gasteiger partial charge < -0.3 is 4.74 Å². The molecule has 0 N–H and O–H groups in total. The lowest BCUT2D eigenvalue weighted by atomic mass is 10.1. The van der Waals surface area contributed by atoms with Gasteiger partial charge in [0.2, 0.25) is 0 Å². The summed E-state index contributed by atoms with van der Waals surface area (Å²) in [5, 5.41) is 0.